The molecule has 2 heterocycles. The Balaban J connectivity index is 1.07. The number of nitrogens with zero attached hydrogens (tertiary/aromatic N) is 1. The third-order valence-electron chi connectivity index (χ3n) is 11.9. The molecule has 0 fully saturated rings. The maximum Gasteiger partial charge on any atom is 0.143 e. The molecule has 0 saturated carbocycles. The van der Waals surface area contributed by atoms with Crippen molar-refractivity contribution in [3.8, 4) is 33.4 Å². The van der Waals surface area contributed by atoms with Crippen LogP contribution in [0.15, 0.2) is 192 Å². The van der Waals surface area contributed by atoms with Crippen molar-refractivity contribution in [3.63, 3.8) is 0 Å². The molecule has 11 rings (SSSR count). The average Bonchev–Trinajstić information content (AvgIpc) is 3.73. The molecule has 260 valence electrons. The molecule has 0 bridgehead atoms. The van der Waals surface area contributed by atoms with E-state index in [9.17, 15) is 0 Å². The van der Waals surface area contributed by atoms with E-state index in [0.29, 0.717) is 0 Å². The molecule has 55 heavy (non-hydrogen) atoms. The highest BCUT2D eigenvalue weighted by atomic mass is 28.3. The third-order valence-corrected chi connectivity index (χ3v) is 15.4. The molecule has 0 amide bonds. The van der Waals surface area contributed by atoms with E-state index in [0.717, 1.165) is 28.2 Å². The third kappa shape index (κ3) is 5.01. The predicted octanol–water partition coefficient (Wildman–Crippen LogP) is 13.5. The summed E-state index contributed by atoms with van der Waals surface area (Å²) in [6.45, 7) is 4.95. The van der Waals surface area contributed by atoms with Crippen molar-refractivity contribution in [2.24, 2.45) is 0 Å². The maximum absolute atomic E-state index is 6.69. The highest BCUT2D eigenvalue weighted by molar-refractivity contribution is 7.04. The minimum absolute atomic E-state index is 0.939. The van der Waals surface area contributed by atoms with E-state index in [1.165, 1.54) is 76.1 Å². The fourth-order valence-corrected chi connectivity index (χ4v) is 12.1. The van der Waals surface area contributed by atoms with Gasteiger partial charge < -0.3 is 9.32 Å². The van der Waals surface area contributed by atoms with Crippen molar-refractivity contribution >= 4 is 79.0 Å². The molecule has 0 unspecified atom stereocenters. The van der Waals surface area contributed by atoms with Crippen molar-refractivity contribution < 1.29 is 4.42 Å². The van der Waals surface area contributed by atoms with Gasteiger partial charge in [0.2, 0.25) is 0 Å². The lowest BCUT2D eigenvalue weighted by molar-refractivity contribution is 0.670. The van der Waals surface area contributed by atoms with Gasteiger partial charge >= 0.3 is 0 Å². The normalized spacial score (nSPS) is 13.1. The Kier molecular flexibility index (Phi) is 7.04. The molecule has 1 aliphatic rings. The number of hydrogen-bond acceptors (Lipinski definition) is 2. The van der Waals surface area contributed by atoms with Gasteiger partial charge in [-0.15, -0.1) is 0 Å². The quantitative estimate of drug-likeness (QED) is 0.165. The summed E-state index contributed by atoms with van der Waals surface area (Å²) in [6, 6.07) is 68.8. The van der Waals surface area contributed by atoms with Gasteiger partial charge in [0.15, 0.2) is 0 Å². The van der Waals surface area contributed by atoms with Crippen LogP contribution in [0.5, 0.6) is 0 Å². The van der Waals surface area contributed by atoms with Gasteiger partial charge in [0.25, 0.3) is 0 Å². The Hall–Kier alpha value is -6.68. The van der Waals surface area contributed by atoms with E-state index in [1.807, 2.05) is 0 Å². The summed E-state index contributed by atoms with van der Waals surface area (Å²) >= 11 is 0. The Morgan fingerprint density at radius 2 is 1.02 bits per heavy atom. The number of anilines is 3. The standard InChI is InChI=1S/C52H37NOSi/c1-55(2)49-30-28-42(33-47(49)51-50(55)31-29-46-45-15-7-8-17-48(45)54-52(46)51)53(40-24-20-35(21-25-40)39-19-18-34-10-3-4-12-38(34)32-39)41-26-22-37(23-27-41)44-16-9-13-36-11-5-6-14-43(36)44/h3-33H,1-2H3. The zero-order valence-electron chi connectivity index (χ0n) is 30.8. The van der Waals surface area contributed by atoms with Crippen LogP contribution < -0.4 is 15.3 Å². The van der Waals surface area contributed by atoms with Crippen molar-refractivity contribution in [2.45, 2.75) is 13.1 Å². The van der Waals surface area contributed by atoms with Crippen molar-refractivity contribution in [1.82, 2.24) is 0 Å². The first kappa shape index (κ1) is 31.8. The van der Waals surface area contributed by atoms with Gasteiger partial charge in [0, 0.05) is 33.4 Å². The predicted molar refractivity (Wildman–Crippen MR) is 236 cm³/mol. The molecule has 9 aromatic carbocycles. The zero-order chi connectivity index (χ0) is 36.7. The molecule has 0 atom stereocenters. The fraction of sp³-hybridized carbons (Fsp3) is 0.0385. The molecule has 1 aliphatic heterocycles. The van der Waals surface area contributed by atoms with Gasteiger partial charge in [-0.25, -0.2) is 0 Å². The highest BCUT2D eigenvalue weighted by Crippen LogP contribution is 2.43. The summed E-state index contributed by atoms with van der Waals surface area (Å²) in [5, 5.41) is 10.3. The average molecular weight is 720 g/mol. The molecule has 0 aliphatic carbocycles. The Bertz CT molecular complexity index is 3110. The van der Waals surface area contributed by atoms with Crippen LogP contribution in [0.1, 0.15) is 0 Å². The van der Waals surface area contributed by atoms with E-state index < -0.39 is 8.07 Å². The lowest BCUT2D eigenvalue weighted by atomic mass is 9.97. The lowest BCUT2D eigenvalue weighted by Crippen LogP contribution is -2.49. The van der Waals surface area contributed by atoms with Gasteiger partial charge in [-0.1, -0.05) is 153 Å². The molecule has 0 radical (unpaired) electrons. The second kappa shape index (κ2) is 12.2. The van der Waals surface area contributed by atoms with Crippen LogP contribution in [0.25, 0.3) is 76.9 Å². The summed E-state index contributed by atoms with van der Waals surface area (Å²) in [7, 11) is -1.97. The van der Waals surface area contributed by atoms with Crippen LogP contribution in [0.3, 0.4) is 0 Å². The Morgan fingerprint density at radius 1 is 0.400 bits per heavy atom. The van der Waals surface area contributed by atoms with Crippen molar-refractivity contribution in [2.75, 3.05) is 4.90 Å². The van der Waals surface area contributed by atoms with E-state index in [-0.39, 0.29) is 0 Å². The smallest absolute Gasteiger partial charge is 0.143 e. The summed E-state index contributed by atoms with van der Waals surface area (Å²) in [6.07, 6.45) is 0. The Labute approximate surface area is 321 Å². The van der Waals surface area contributed by atoms with Gasteiger partial charge in [-0.05, 0) is 108 Å². The maximum atomic E-state index is 6.69. The molecule has 0 spiro atoms. The van der Waals surface area contributed by atoms with Crippen LogP contribution in [-0.4, -0.2) is 8.07 Å². The van der Waals surface area contributed by atoms with Crippen LogP contribution in [0.2, 0.25) is 13.1 Å². The second-order valence-electron chi connectivity index (χ2n) is 15.3. The van der Waals surface area contributed by atoms with Gasteiger partial charge in [-0.3, -0.25) is 0 Å². The van der Waals surface area contributed by atoms with E-state index in [1.54, 1.807) is 0 Å². The van der Waals surface area contributed by atoms with E-state index >= 15 is 0 Å². The molecule has 3 heteroatoms. The first-order chi connectivity index (χ1) is 27.0. The molecule has 0 N–H and O–H groups in total. The largest absolute Gasteiger partial charge is 0.455 e. The molecular formula is C52H37NOSi. The molecule has 1 aromatic heterocycles. The number of rotatable bonds is 5. The SMILES string of the molecule is C[Si]1(C)c2ccc(N(c3ccc(-c4ccc5ccccc5c4)cc3)c3ccc(-c4cccc5ccccc45)cc3)cc2-c2c1ccc1c2oc2ccccc21. The molecule has 10 aromatic rings. The topological polar surface area (TPSA) is 16.4 Å². The summed E-state index contributed by atoms with van der Waals surface area (Å²) in [5.41, 5.74) is 12.7. The van der Waals surface area contributed by atoms with Crippen molar-refractivity contribution in [3.05, 3.63) is 188 Å². The number of hydrogen-bond donors (Lipinski definition) is 0. The Morgan fingerprint density at radius 3 is 1.82 bits per heavy atom. The molecule has 2 nitrogen and oxygen atoms in total. The second-order valence-corrected chi connectivity index (χ2v) is 19.7. The number of benzene rings is 9. The van der Waals surface area contributed by atoms with Crippen LogP contribution in [-0.2, 0) is 0 Å². The highest BCUT2D eigenvalue weighted by Gasteiger charge is 2.40. The van der Waals surface area contributed by atoms with E-state index in [2.05, 4.69) is 206 Å². The zero-order valence-corrected chi connectivity index (χ0v) is 31.8. The van der Waals surface area contributed by atoms with Crippen LogP contribution in [0, 0.1) is 0 Å². The minimum atomic E-state index is -1.97. The van der Waals surface area contributed by atoms with Gasteiger partial charge in [0.1, 0.15) is 19.2 Å². The van der Waals surface area contributed by atoms with Crippen LogP contribution >= 0.6 is 0 Å². The molecule has 0 saturated heterocycles. The summed E-state index contributed by atoms with van der Waals surface area (Å²) < 4.78 is 6.69. The number of fused-ring (bicyclic) bond motifs is 9. The van der Waals surface area contributed by atoms with E-state index in [4.69, 9.17) is 4.42 Å². The number of furan rings is 1. The van der Waals surface area contributed by atoms with Gasteiger partial charge in [-0.2, -0.15) is 0 Å². The fourth-order valence-electron chi connectivity index (χ4n) is 9.03. The minimum Gasteiger partial charge on any atom is -0.455 e. The van der Waals surface area contributed by atoms with Gasteiger partial charge in [0.05, 0.1) is 0 Å². The first-order valence-corrected chi connectivity index (χ1v) is 22.1. The first-order valence-electron chi connectivity index (χ1n) is 19.1. The summed E-state index contributed by atoms with van der Waals surface area (Å²) in [5.74, 6) is 0. The number of para-hydroxylation sites is 1. The monoisotopic (exact) mass is 719 g/mol. The lowest BCUT2D eigenvalue weighted by Gasteiger charge is -2.27. The summed E-state index contributed by atoms with van der Waals surface area (Å²) in [4.78, 5) is 2.41. The van der Waals surface area contributed by atoms with Crippen molar-refractivity contribution in [1.29, 1.82) is 0 Å². The molecular weight excluding hydrogens is 683 g/mol. The van der Waals surface area contributed by atoms with Crippen LogP contribution in [0.4, 0.5) is 17.1 Å².